The zero-order chi connectivity index (χ0) is 15.4. The quantitative estimate of drug-likeness (QED) is 0.807. The number of hydrogen-bond donors (Lipinski definition) is 1. The molecule has 1 heterocycles. The molecule has 0 amide bonds. The normalized spacial score (nSPS) is 24.4. The van der Waals surface area contributed by atoms with E-state index in [4.69, 9.17) is 0 Å². The van der Waals surface area contributed by atoms with Crippen LogP contribution in [-0.4, -0.2) is 66.6 Å². The molecule has 0 radical (unpaired) electrons. The first-order valence-electron chi connectivity index (χ1n) is 7.63. The maximum Gasteiger partial charge on any atom is 0.166 e. The Balaban J connectivity index is 1.97. The summed E-state index contributed by atoms with van der Waals surface area (Å²) in [6, 6.07) is 9.79. The molecule has 1 fully saturated rings. The molecule has 116 valence electrons. The van der Waals surface area contributed by atoms with Crippen molar-refractivity contribution in [2.45, 2.75) is 25.5 Å². The molecular formula is C17H26N2O2. The van der Waals surface area contributed by atoms with Gasteiger partial charge in [-0.25, -0.2) is 0 Å². The Bertz CT molecular complexity index is 461. The van der Waals surface area contributed by atoms with E-state index in [1.807, 2.05) is 51.4 Å². The maximum absolute atomic E-state index is 12.4. The number of ketones is 1. The van der Waals surface area contributed by atoms with E-state index in [-0.39, 0.29) is 17.8 Å². The molecule has 3 atom stereocenters. The van der Waals surface area contributed by atoms with Crippen LogP contribution < -0.4 is 0 Å². The number of benzene rings is 1. The number of carbonyl (C=O) groups is 1. The Labute approximate surface area is 127 Å². The van der Waals surface area contributed by atoms with Gasteiger partial charge in [0, 0.05) is 37.2 Å². The lowest BCUT2D eigenvalue weighted by Crippen LogP contribution is -2.41. The summed E-state index contributed by atoms with van der Waals surface area (Å²) in [5, 5.41) is 9.91. The molecule has 1 aliphatic rings. The lowest BCUT2D eigenvalue weighted by Gasteiger charge is -2.28. The Hall–Kier alpha value is -1.23. The second-order valence-electron chi connectivity index (χ2n) is 6.39. The van der Waals surface area contributed by atoms with Gasteiger partial charge in [-0.1, -0.05) is 37.3 Å². The van der Waals surface area contributed by atoms with Crippen molar-refractivity contribution in [3.8, 4) is 0 Å². The standard InChI is InChI=1S/C17H26N2O2/c1-13(17(21)14-7-5-4-6-8-14)10-19-12-16(20)9-15(19)11-18(2)3/h4-8,13,15-16,20H,9-12H2,1-3H3. The number of likely N-dealkylation sites (N-methyl/N-ethyl adjacent to an activating group) is 1. The molecule has 0 spiro atoms. The Morgan fingerprint density at radius 3 is 2.67 bits per heavy atom. The second kappa shape index (κ2) is 7.16. The van der Waals surface area contributed by atoms with Crippen molar-refractivity contribution in [3.05, 3.63) is 35.9 Å². The maximum atomic E-state index is 12.4. The van der Waals surface area contributed by atoms with Crippen LogP contribution in [0.1, 0.15) is 23.7 Å². The smallest absolute Gasteiger partial charge is 0.166 e. The number of aliphatic hydroxyl groups excluding tert-OH is 1. The van der Waals surface area contributed by atoms with Crippen LogP contribution in [0.15, 0.2) is 30.3 Å². The molecule has 1 aromatic rings. The summed E-state index contributed by atoms with van der Waals surface area (Å²) in [7, 11) is 4.09. The van der Waals surface area contributed by atoms with Gasteiger partial charge in [-0.3, -0.25) is 9.69 Å². The van der Waals surface area contributed by atoms with Crippen molar-refractivity contribution in [1.82, 2.24) is 9.80 Å². The van der Waals surface area contributed by atoms with E-state index in [9.17, 15) is 9.90 Å². The Morgan fingerprint density at radius 2 is 2.05 bits per heavy atom. The van der Waals surface area contributed by atoms with Crippen LogP contribution in [0.4, 0.5) is 0 Å². The van der Waals surface area contributed by atoms with E-state index < -0.39 is 0 Å². The highest BCUT2D eigenvalue weighted by Crippen LogP contribution is 2.21. The molecule has 0 saturated carbocycles. The number of aliphatic hydroxyl groups is 1. The van der Waals surface area contributed by atoms with Crippen LogP contribution in [0.2, 0.25) is 0 Å². The summed E-state index contributed by atoms with van der Waals surface area (Å²) in [6.07, 6.45) is 0.527. The van der Waals surface area contributed by atoms with E-state index in [1.54, 1.807) is 0 Å². The fraction of sp³-hybridized carbons (Fsp3) is 0.588. The summed E-state index contributed by atoms with van der Waals surface area (Å²) in [5.41, 5.74) is 0.772. The summed E-state index contributed by atoms with van der Waals surface area (Å²) < 4.78 is 0. The molecule has 1 N–H and O–H groups in total. The Kier molecular flexibility index (Phi) is 5.51. The number of nitrogens with zero attached hydrogens (tertiary/aromatic N) is 2. The SMILES string of the molecule is CC(CN1CC(O)CC1CN(C)C)C(=O)c1ccccc1. The van der Waals surface area contributed by atoms with E-state index in [2.05, 4.69) is 9.80 Å². The highest BCUT2D eigenvalue weighted by atomic mass is 16.3. The highest BCUT2D eigenvalue weighted by molar-refractivity contribution is 5.97. The first-order chi connectivity index (χ1) is 9.97. The molecule has 3 unspecified atom stereocenters. The molecule has 1 saturated heterocycles. The van der Waals surface area contributed by atoms with Crippen molar-refractivity contribution in [2.24, 2.45) is 5.92 Å². The number of β-amino-alcohol motifs (C(OH)–C–C–N with tert-alkyl or cyclic N) is 1. The van der Waals surface area contributed by atoms with Gasteiger partial charge in [-0.2, -0.15) is 0 Å². The van der Waals surface area contributed by atoms with Gasteiger partial charge >= 0.3 is 0 Å². The number of hydrogen-bond acceptors (Lipinski definition) is 4. The van der Waals surface area contributed by atoms with E-state index in [0.29, 0.717) is 19.1 Å². The lowest BCUT2D eigenvalue weighted by atomic mass is 9.98. The average Bonchev–Trinajstić information content (AvgIpc) is 2.77. The molecule has 2 rings (SSSR count). The van der Waals surface area contributed by atoms with Gasteiger partial charge in [0.05, 0.1) is 6.10 Å². The highest BCUT2D eigenvalue weighted by Gasteiger charge is 2.33. The molecule has 4 heteroatoms. The second-order valence-corrected chi connectivity index (χ2v) is 6.39. The lowest BCUT2D eigenvalue weighted by molar-refractivity contribution is 0.0873. The first kappa shape index (κ1) is 16.1. The first-order valence-corrected chi connectivity index (χ1v) is 7.63. The summed E-state index contributed by atoms with van der Waals surface area (Å²) in [6.45, 7) is 4.28. The summed E-state index contributed by atoms with van der Waals surface area (Å²) in [4.78, 5) is 16.8. The van der Waals surface area contributed by atoms with Crippen molar-refractivity contribution in [2.75, 3.05) is 33.7 Å². The van der Waals surface area contributed by atoms with E-state index in [1.165, 1.54) is 0 Å². The van der Waals surface area contributed by atoms with Crippen LogP contribution in [0.5, 0.6) is 0 Å². The average molecular weight is 290 g/mol. The number of rotatable bonds is 6. The van der Waals surface area contributed by atoms with Gasteiger partial charge in [-0.05, 0) is 20.5 Å². The molecule has 0 bridgehead atoms. The monoisotopic (exact) mass is 290 g/mol. The fourth-order valence-electron chi connectivity index (χ4n) is 3.11. The third-order valence-electron chi connectivity index (χ3n) is 4.10. The van der Waals surface area contributed by atoms with Gasteiger partial charge in [0.15, 0.2) is 5.78 Å². The van der Waals surface area contributed by atoms with Gasteiger partial charge in [-0.15, -0.1) is 0 Å². The minimum atomic E-state index is -0.269. The Morgan fingerprint density at radius 1 is 1.38 bits per heavy atom. The molecule has 1 aromatic carbocycles. The van der Waals surface area contributed by atoms with Crippen LogP contribution in [0, 0.1) is 5.92 Å². The molecule has 4 nitrogen and oxygen atoms in total. The molecule has 0 aliphatic carbocycles. The molecule has 0 aromatic heterocycles. The van der Waals surface area contributed by atoms with Gasteiger partial charge in [0.1, 0.15) is 0 Å². The van der Waals surface area contributed by atoms with Crippen molar-refractivity contribution >= 4 is 5.78 Å². The minimum absolute atomic E-state index is 0.0534. The van der Waals surface area contributed by atoms with Crippen LogP contribution in [0.3, 0.4) is 0 Å². The molecular weight excluding hydrogens is 264 g/mol. The summed E-state index contributed by atoms with van der Waals surface area (Å²) >= 11 is 0. The summed E-state index contributed by atoms with van der Waals surface area (Å²) in [5.74, 6) is 0.128. The van der Waals surface area contributed by atoms with E-state index in [0.717, 1.165) is 18.5 Å². The minimum Gasteiger partial charge on any atom is -0.392 e. The number of likely N-dealkylation sites (tertiary alicyclic amines) is 1. The zero-order valence-electron chi connectivity index (χ0n) is 13.2. The van der Waals surface area contributed by atoms with Crippen molar-refractivity contribution in [1.29, 1.82) is 0 Å². The number of carbonyl (C=O) groups excluding carboxylic acids is 1. The third-order valence-corrected chi connectivity index (χ3v) is 4.10. The van der Waals surface area contributed by atoms with Gasteiger partial charge in [0.25, 0.3) is 0 Å². The van der Waals surface area contributed by atoms with Crippen LogP contribution >= 0.6 is 0 Å². The van der Waals surface area contributed by atoms with Crippen LogP contribution in [0.25, 0.3) is 0 Å². The molecule has 1 aliphatic heterocycles. The number of Topliss-reactive ketones (excluding diaryl/α,β-unsaturated/α-hetero) is 1. The predicted octanol–water partition coefficient (Wildman–Crippen LogP) is 1.50. The molecule has 21 heavy (non-hydrogen) atoms. The van der Waals surface area contributed by atoms with Crippen LogP contribution in [-0.2, 0) is 0 Å². The fourth-order valence-corrected chi connectivity index (χ4v) is 3.11. The zero-order valence-corrected chi connectivity index (χ0v) is 13.2. The van der Waals surface area contributed by atoms with E-state index >= 15 is 0 Å². The van der Waals surface area contributed by atoms with Crippen molar-refractivity contribution < 1.29 is 9.90 Å². The van der Waals surface area contributed by atoms with Crippen molar-refractivity contribution in [3.63, 3.8) is 0 Å². The third kappa shape index (κ3) is 4.37. The predicted molar refractivity (Wildman–Crippen MR) is 84.5 cm³/mol. The topological polar surface area (TPSA) is 43.8 Å². The van der Waals surface area contributed by atoms with Gasteiger partial charge < -0.3 is 10.0 Å². The van der Waals surface area contributed by atoms with Gasteiger partial charge in [0.2, 0.25) is 0 Å². The largest absolute Gasteiger partial charge is 0.392 e.